The van der Waals surface area contributed by atoms with Crippen LogP contribution in [0.5, 0.6) is 0 Å². The molecule has 63 heavy (non-hydrogen) atoms. The summed E-state index contributed by atoms with van der Waals surface area (Å²) in [5, 5.41) is 0. The number of rotatable bonds is 22. The second kappa shape index (κ2) is 21.5. The third kappa shape index (κ3) is 10.7. The van der Waals surface area contributed by atoms with Crippen molar-refractivity contribution in [3.8, 4) is 11.1 Å². The smallest absolute Gasteiger partial charge is 0.0465 e. The van der Waals surface area contributed by atoms with E-state index in [1.165, 1.54) is 169 Å². The quantitative estimate of drug-likeness (QED) is 0.0629. The summed E-state index contributed by atoms with van der Waals surface area (Å²) in [6.07, 6.45) is 17.9. The largest absolute Gasteiger partial charge is 0.310 e. The fourth-order valence-electron chi connectivity index (χ4n) is 10.3. The van der Waals surface area contributed by atoms with Crippen LogP contribution in [0.25, 0.3) is 11.1 Å². The molecule has 0 fully saturated rings. The number of benzene rings is 6. The predicted molar refractivity (Wildman–Crippen MR) is 276 cm³/mol. The summed E-state index contributed by atoms with van der Waals surface area (Å²) in [5.41, 5.74) is 18.4. The molecule has 0 saturated carbocycles. The molecule has 2 nitrogen and oxygen atoms in total. The molecule has 2 heteroatoms. The minimum atomic E-state index is -0.0949. The normalized spacial score (nSPS) is 12.8. The van der Waals surface area contributed by atoms with Gasteiger partial charge in [0, 0.05) is 39.5 Å². The Bertz CT molecular complexity index is 2230. The molecule has 0 saturated heterocycles. The Balaban J connectivity index is 1.42. The first kappa shape index (κ1) is 45.9. The fraction of sp³-hybridized carbons (Fsp3) is 0.410. The second-order valence-corrected chi connectivity index (χ2v) is 19.4. The Morgan fingerprint density at radius 1 is 0.381 bits per heavy atom. The average molecular weight is 837 g/mol. The van der Waals surface area contributed by atoms with Gasteiger partial charge in [0.2, 0.25) is 0 Å². The van der Waals surface area contributed by atoms with E-state index in [0.717, 1.165) is 0 Å². The highest BCUT2D eigenvalue weighted by atomic mass is 15.1. The Labute approximate surface area is 382 Å². The van der Waals surface area contributed by atoms with E-state index >= 15 is 0 Å². The van der Waals surface area contributed by atoms with Crippen molar-refractivity contribution in [2.75, 3.05) is 9.80 Å². The summed E-state index contributed by atoms with van der Waals surface area (Å²) in [6, 6.07) is 51.6. The van der Waals surface area contributed by atoms with Crippen LogP contribution in [-0.2, 0) is 5.41 Å². The molecule has 330 valence electrons. The molecule has 0 aliphatic heterocycles. The minimum absolute atomic E-state index is 0.0949. The minimum Gasteiger partial charge on any atom is -0.310 e. The van der Waals surface area contributed by atoms with Crippen molar-refractivity contribution in [2.24, 2.45) is 0 Å². The van der Waals surface area contributed by atoms with Gasteiger partial charge < -0.3 is 9.80 Å². The van der Waals surface area contributed by atoms with Crippen LogP contribution in [0.15, 0.2) is 133 Å². The number of unbranched alkanes of at least 4 members (excludes halogenated alkanes) is 10. The van der Waals surface area contributed by atoms with E-state index < -0.39 is 0 Å². The van der Waals surface area contributed by atoms with Gasteiger partial charge in [-0.05, 0) is 156 Å². The van der Waals surface area contributed by atoms with Gasteiger partial charge in [0.15, 0.2) is 0 Å². The lowest BCUT2D eigenvalue weighted by Crippen LogP contribution is -2.26. The van der Waals surface area contributed by atoms with E-state index in [9.17, 15) is 0 Å². The van der Waals surface area contributed by atoms with Crippen LogP contribution < -0.4 is 9.80 Å². The lowest BCUT2D eigenvalue weighted by atomic mass is 9.70. The van der Waals surface area contributed by atoms with Gasteiger partial charge in [-0.15, -0.1) is 0 Å². The molecule has 0 heterocycles. The first-order valence-corrected chi connectivity index (χ1v) is 24.9. The Kier molecular flexibility index (Phi) is 15.7. The molecule has 7 rings (SSSR count). The molecule has 0 unspecified atom stereocenters. The molecule has 6 aromatic rings. The third-order valence-corrected chi connectivity index (χ3v) is 13.9. The van der Waals surface area contributed by atoms with Gasteiger partial charge >= 0.3 is 0 Å². The van der Waals surface area contributed by atoms with Gasteiger partial charge in [0.25, 0.3) is 0 Å². The van der Waals surface area contributed by atoms with E-state index in [1.54, 1.807) is 0 Å². The molecule has 1 aliphatic carbocycles. The molecule has 0 N–H and O–H groups in total. The van der Waals surface area contributed by atoms with Gasteiger partial charge in [0.05, 0.1) is 0 Å². The molecule has 0 spiro atoms. The highest BCUT2D eigenvalue weighted by Gasteiger charge is 2.43. The van der Waals surface area contributed by atoms with Crippen molar-refractivity contribution in [1.29, 1.82) is 0 Å². The summed E-state index contributed by atoms with van der Waals surface area (Å²) in [4.78, 5) is 5.05. The topological polar surface area (TPSA) is 6.48 Å². The van der Waals surface area contributed by atoms with Crippen molar-refractivity contribution in [3.05, 3.63) is 167 Å². The van der Waals surface area contributed by atoms with E-state index in [0.29, 0.717) is 11.8 Å². The SMILES string of the molecule is CCCCCCCCC1(CCCCCCCC)c2cc(N(c3cccc(C)c3)c3cccc(C(C)C)c3)ccc2-c2ccc(N(c3cccc(C)c3)c3cccc(C(C)C)c3)cc21. The van der Waals surface area contributed by atoms with Crippen LogP contribution in [0.3, 0.4) is 0 Å². The number of aryl methyl sites for hydroxylation is 2. The lowest BCUT2D eigenvalue weighted by Gasteiger charge is -2.35. The van der Waals surface area contributed by atoms with Crippen molar-refractivity contribution in [3.63, 3.8) is 0 Å². The molecule has 6 aromatic carbocycles. The number of anilines is 6. The third-order valence-electron chi connectivity index (χ3n) is 13.9. The van der Waals surface area contributed by atoms with E-state index in [1.807, 2.05) is 0 Å². The van der Waals surface area contributed by atoms with E-state index in [-0.39, 0.29) is 5.41 Å². The van der Waals surface area contributed by atoms with Crippen LogP contribution >= 0.6 is 0 Å². The maximum atomic E-state index is 2.62. The molecule has 0 radical (unpaired) electrons. The zero-order valence-corrected chi connectivity index (χ0v) is 40.2. The highest BCUT2D eigenvalue weighted by Crippen LogP contribution is 2.57. The maximum absolute atomic E-state index is 2.62. The Morgan fingerprint density at radius 2 is 0.730 bits per heavy atom. The number of hydrogen-bond donors (Lipinski definition) is 0. The average Bonchev–Trinajstić information content (AvgIpc) is 3.54. The second-order valence-electron chi connectivity index (χ2n) is 19.4. The predicted octanol–water partition coefficient (Wildman–Crippen LogP) is 19.3. The zero-order valence-electron chi connectivity index (χ0n) is 40.2. The first-order valence-electron chi connectivity index (χ1n) is 24.9. The molecular weight excluding hydrogens is 761 g/mol. The summed E-state index contributed by atoms with van der Waals surface area (Å²) >= 11 is 0. The van der Waals surface area contributed by atoms with Gasteiger partial charge in [0.1, 0.15) is 0 Å². The fourth-order valence-corrected chi connectivity index (χ4v) is 10.3. The molecule has 0 atom stereocenters. The Hall–Kier alpha value is -5.08. The standard InChI is InChI=1S/C61H76N2/c1-9-11-13-15-17-19-37-61(38-20-18-16-14-12-10-2)59-43-55(62(51-29-21-25-47(7)39-51)53-31-23-27-49(41-53)45(3)4)33-35-57(59)58-36-34-56(44-60(58)61)63(52-30-22-26-48(8)40-52)54-32-24-28-50(42-54)46(5)6/h21-36,39-46H,9-20,37-38H2,1-8H3. The lowest BCUT2D eigenvalue weighted by molar-refractivity contribution is 0.398. The zero-order chi connectivity index (χ0) is 44.3. The van der Waals surface area contributed by atoms with Gasteiger partial charge in [-0.1, -0.05) is 179 Å². The van der Waals surface area contributed by atoms with Crippen molar-refractivity contribution < 1.29 is 0 Å². The van der Waals surface area contributed by atoms with E-state index in [4.69, 9.17) is 0 Å². The monoisotopic (exact) mass is 837 g/mol. The van der Waals surface area contributed by atoms with Crippen molar-refractivity contribution >= 4 is 34.1 Å². The van der Waals surface area contributed by atoms with Gasteiger partial charge in [-0.25, -0.2) is 0 Å². The molecule has 0 bridgehead atoms. The molecule has 0 aromatic heterocycles. The number of fused-ring (bicyclic) bond motifs is 3. The van der Waals surface area contributed by atoms with Crippen molar-refractivity contribution in [1.82, 2.24) is 0 Å². The summed E-state index contributed by atoms with van der Waals surface area (Å²) in [6.45, 7) is 18.3. The van der Waals surface area contributed by atoms with Crippen LogP contribution in [0, 0.1) is 13.8 Å². The maximum Gasteiger partial charge on any atom is 0.0465 e. The van der Waals surface area contributed by atoms with Crippen LogP contribution in [0.1, 0.15) is 177 Å². The molecular formula is C61H76N2. The van der Waals surface area contributed by atoms with Gasteiger partial charge in [-0.2, -0.15) is 0 Å². The molecule has 1 aliphatic rings. The van der Waals surface area contributed by atoms with Crippen LogP contribution in [-0.4, -0.2) is 0 Å². The highest BCUT2D eigenvalue weighted by molar-refractivity contribution is 5.89. The number of hydrogen-bond acceptors (Lipinski definition) is 2. The van der Waals surface area contributed by atoms with Crippen LogP contribution in [0.2, 0.25) is 0 Å². The summed E-state index contributed by atoms with van der Waals surface area (Å²) < 4.78 is 0. The first-order chi connectivity index (χ1) is 30.6. The number of nitrogens with zero attached hydrogens (tertiary/aromatic N) is 2. The molecule has 0 amide bonds. The van der Waals surface area contributed by atoms with Crippen LogP contribution in [0.4, 0.5) is 34.1 Å². The van der Waals surface area contributed by atoms with Crippen molar-refractivity contribution in [2.45, 2.75) is 163 Å². The summed E-state index contributed by atoms with van der Waals surface area (Å²) in [5.74, 6) is 0.894. The van der Waals surface area contributed by atoms with Gasteiger partial charge in [-0.3, -0.25) is 0 Å². The van der Waals surface area contributed by atoms with E-state index in [2.05, 4.69) is 199 Å². The Morgan fingerprint density at radius 3 is 1.11 bits per heavy atom. The summed E-state index contributed by atoms with van der Waals surface area (Å²) in [7, 11) is 0.